The molecule has 7 nitrogen and oxygen atoms in total. The van der Waals surface area contributed by atoms with Crippen molar-refractivity contribution in [3.05, 3.63) is 64.9 Å². The van der Waals surface area contributed by atoms with Crippen LogP contribution in [0.3, 0.4) is 0 Å². The average molecular weight is 407 g/mol. The first-order valence-corrected chi connectivity index (χ1v) is 10.4. The van der Waals surface area contributed by atoms with Crippen LogP contribution in [-0.4, -0.2) is 51.5 Å². The van der Waals surface area contributed by atoms with Crippen molar-refractivity contribution >= 4 is 16.9 Å². The molecule has 1 aliphatic rings. The number of methoxy groups -OCH3 is 1. The molecule has 29 heavy (non-hydrogen) atoms. The van der Waals surface area contributed by atoms with Gasteiger partial charge in [-0.25, -0.2) is 9.50 Å². The predicted molar refractivity (Wildman–Crippen MR) is 111 cm³/mol. The summed E-state index contributed by atoms with van der Waals surface area (Å²) in [6.07, 6.45) is 3.77. The summed E-state index contributed by atoms with van der Waals surface area (Å²) in [5.74, 6) is 0.842. The van der Waals surface area contributed by atoms with Gasteiger partial charge in [0.15, 0.2) is 0 Å². The number of benzene rings is 1. The molecule has 1 unspecified atom stereocenters. The van der Waals surface area contributed by atoms with E-state index in [-0.39, 0.29) is 6.10 Å². The van der Waals surface area contributed by atoms with Crippen LogP contribution in [0, 0.1) is 0 Å². The van der Waals surface area contributed by atoms with Crippen LogP contribution in [0.15, 0.2) is 54.2 Å². The average Bonchev–Trinajstić information content (AvgIpc) is 3.43. The minimum atomic E-state index is -0.0898. The Kier molecular flexibility index (Phi) is 4.97. The zero-order chi connectivity index (χ0) is 19.6. The van der Waals surface area contributed by atoms with Crippen molar-refractivity contribution in [1.29, 1.82) is 0 Å². The van der Waals surface area contributed by atoms with Crippen LogP contribution in [0.1, 0.15) is 16.8 Å². The predicted octanol–water partition coefficient (Wildman–Crippen LogP) is 3.43. The third kappa shape index (κ3) is 3.74. The minimum absolute atomic E-state index is 0.0898. The van der Waals surface area contributed by atoms with E-state index in [1.165, 1.54) is 0 Å². The highest BCUT2D eigenvalue weighted by molar-refractivity contribution is 7.09. The molecule has 0 amide bonds. The lowest BCUT2D eigenvalue weighted by atomic mass is 10.1. The Morgan fingerprint density at radius 3 is 2.83 bits per heavy atom. The summed E-state index contributed by atoms with van der Waals surface area (Å²) in [6, 6.07) is 12.2. The molecule has 1 fully saturated rings. The summed E-state index contributed by atoms with van der Waals surface area (Å²) >= 11 is 1.69. The van der Waals surface area contributed by atoms with Gasteiger partial charge in [0, 0.05) is 36.4 Å². The summed E-state index contributed by atoms with van der Waals surface area (Å²) < 4.78 is 13.1. The standard InChI is InChI=1S/C21H21N5O2S/c1-27-17-5-2-15(3-6-17)16-4-7-18-21(23-24-26(18)12-16)19-13-25(9-10-28-19)14-20-22-8-11-29-20/h2-8,11-12,19H,9-10,13-14H2,1H3. The van der Waals surface area contributed by atoms with Crippen LogP contribution in [0.5, 0.6) is 5.75 Å². The van der Waals surface area contributed by atoms with Gasteiger partial charge in [-0.15, -0.1) is 16.4 Å². The van der Waals surface area contributed by atoms with E-state index in [1.807, 2.05) is 46.6 Å². The van der Waals surface area contributed by atoms with Gasteiger partial charge in [0.25, 0.3) is 0 Å². The Labute approximate surface area is 172 Å². The lowest BCUT2D eigenvalue weighted by Gasteiger charge is -2.31. The van der Waals surface area contributed by atoms with Crippen molar-refractivity contribution < 1.29 is 9.47 Å². The number of nitrogens with zero attached hydrogens (tertiary/aromatic N) is 5. The molecular weight excluding hydrogens is 386 g/mol. The number of morpholine rings is 1. The van der Waals surface area contributed by atoms with E-state index in [0.29, 0.717) is 6.61 Å². The van der Waals surface area contributed by atoms with Crippen LogP contribution in [0.25, 0.3) is 16.6 Å². The van der Waals surface area contributed by atoms with E-state index in [2.05, 4.69) is 32.3 Å². The van der Waals surface area contributed by atoms with Crippen LogP contribution < -0.4 is 4.74 Å². The fourth-order valence-electron chi connectivity index (χ4n) is 3.63. The molecule has 5 rings (SSSR count). The molecule has 1 atom stereocenters. The topological polar surface area (TPSA) is 64.8 Å². The van der Waals surface area contributed by atoms with E-state index < -0.39 is 0 Å². The van der Waals surface area contributed by atoms with E-state index in [4.69, 9.17) is 9.47 Å². The highest BCUT2D eigenvalue weighted by atomic mass is 32.1. The third-order valence-electron chi connectivity index (χ3n) is 5.16. The van der Waals surface area contributed by atoms with Gasteiger partial charge in [-0.05, 0) is 23.8 Å². The lowest BCUT2D eigenvalue weighted by molar-refractivity contribution is -0.0343. The molecule has 1 saturated heterocycles. The second-order valence-electron chi connectivity index (χ2n) is 6.97. The Morgan fingerprint density at radius 1 is 1.17 bits per heavy atom. The first-order valence-electron chi connectivity index (χ1n) is 9.52. The molecule has 0 radical (unpaired) electrons. The summed E-state index contributed by atoms with van der Waals surface area (Å²) in [5, 5.41) is 11.9. The molecule has 1 aliphatic heterocycles. The first-order chi connectivity index (χ1) is 14.3. The number of thiazole rings is 1. The number of rotatable bonds is 5. The number of fused-ring (bicyclic) bond motifs is 1. The van der Waals surface area contributed by atoms with Crippen LogP contribution >= 0.6 is 11.3 Å². The van der Waals surface area contributed by atoms with Crippen molar-refractivity contribution in [3.8, 4) is 16.9 Å². The number of ether oxygens (including phenoxy) is 2. The SMILES string of the molecule is COc1ccc(-c2ccc3c(C4CN(Cc5nccs5)CCO4)nnn3c2)cc1. The molecule has 148 valence electrons. The van der Waals surface area contributed by atoms with Gasteiger partial charge in [0.1, 0.15) is 22.6 Å². The molecule has 0 bridgehead atoms. The summed E-state index contributed by atoms with van der Waals surface area (Å²) in [6.45, 7) is 3.21. The molecule has 4 heterocycles. The maximum absolute atomic E-state index is 6.03. The maximum Gasteiger partial charge on any atom is 0.121 e. The highest BCUT2D eigenvalue weighted by Gasteiger charge is 2.26. The third-order valence-corrected chi connectivity index (χ3v) is 5.93. The molecule has 0 aliphatic carbocycles. The van der Waals surface area contributed by atoms with Gasteiger partial charge in [0.05, 0.1) is 25.8 Å². The van der Waals surface area contributed by atoms with Crippen molar-refractivity contribution in [2.24, 2.45) is 0 Å². The van der Waals surface area contributed by atoms with Crippen LogP contribution in [0.4, 0.5) is 0 Å². The van der Waals surface area contributed by atoms with E-state index in [9.17, 15) is 0 Å². The van der Waals surface area contributed by atoms with Crippen molar-refractivity contribution in [1.82, 2.24) is 24.7 Å². The molecule has 0 saturated carbocycles. The lowest BCUT2D eigenvalue weighted by Crippen LogP contribution is -2.38. The molecular formula is C21H21N5O2S. The molecule has 4 aromatic rings. The molecule has 3 aromatic heterocycles. The molecule has 0 N–H and O–H groups in total. The van der Waals surface area contributed by atoms with Crippen molar-refractivity contribution in [2.75, 3.05) is 26.8 Å². The first kappa shape index (κ1) is 18.2. The summed E-state index contributed by atoms with van der Waals surface area (Å²) in [7, 11) is 1.67. The van der Waals surface area contributed by atoms with Gasteiger partial charge in [0.2, 0.25) is 0 Å². The maximum atomic E-state index is 6.03. The monoisotopic (exact) mass is 407 g/mol. The highest BCUT2D eigenvalue weighted by Crippen LogP contribution is 2.28. The van der Waals surface area contributed by atoms with Gasteiger partial charge in [-0.3, -0.25) is 4.90 Å². The van der Waals surface area contributed by atoms with Gasteiger partial charge >= 0.3 is 0 Å². The fraction of sp³-hybridized carbons (Fsp3) is 0.286. The number of hydrogen-bond acceptors (Lipinski definition) is 7. The van der Waals surface area contributed by atoms with Crippen LogP contribution in [0.2, 0.25) is 0 Å². The summed E-state index contributed by atoms with van der Waals surface area (Å²) in [4.78, 5) is 6.76. The Morgan fingerprint density at radius 2 is 2.03 bits per heavy atom. The van der Waals surface area contributed by atoms with E-state index in [1.54, 1.807) is 18.4 Å². The van der Waals surface area contributed by atoms with E-state index >= 15 is 0 Å². The summed E-state index contributed by atoms with van der Waals surface area (Å²) in [5.41, 5.74) is 4.04. The van der Waals surface area contributed by atoms with Gasteiger partial charge in [-0.1, -0.05) is 23.4 Å². The van der Waals surface area contributed by atoms with Crippen LogP contribution in [-0.2, 0) is 11.3 Å². The van der Waals surface area contributed by atoms with E-state index in [0.717, 1.165) is 52.7 Å². The zero-order valence-electron chi connectivity index (χ0n) is 16.1. The Bertz CT molecular complexity index is 1090. The van der Waals surface area contributed by atoms with Gasteiger partial charge < -0.3 is 9.47 Å². The Balaban J connectivity index is 1.37. The number of aromatic nitrogens is 4. The normalized spacial score (nSPS) is 17.6. The largest absolute Gasteiger partial charge is 0.497 e. The number of pyridine rings is 1. The van der Waals surface area contributed by atoms with Crippen molar-refractivity contribution in [2.45, 2.75) is 12.6 Å². The minimum Gasteiger partial charge on any atom is -0.497 e. The molecule has 1 aromatic carbocycles. The smallest absolute Gasteiger partial charge is 0.121 e. The van der Waals surface area contributed by atoms with Crippen molar-refractivity contribution in [3.63, 3.8) is 0 Å². The fourth-order valence-corrected chi connectivity index (χ4v) is 4.29. The molecule has 0 spiro atoms. The quantitative estimate of drug-likeness (QED) is 0.505. The zero-order valence-corrected chi connectivity index (χ0v) is 16.9. The second kappa shape index (κ2) is 7.90. The Hall–Kier alpha value is -2.81. The number of hydrogen-bond donors (Lipinski definition) is 0. The molecule has 8 heteroatoms. The van der Waals surface area contributed by atoms with Gasteiger partial charge in [-0.2, -0.15) is 0 Å². The second-order valence-corrected chi connectivity index (χ2v) is 7.95.